The van der Waals surface area contributed by atoms with E-state index in [1.165, 1.54) is 0 Å². The minimum atomic E-state index is -1.37. The number of nitrogens with one attached hydrogen (secondary N) is 2. The number of carbonyl (C=O) groups is 3. The zero-order valence-corrected chi connectivity index (χ0v) is 19.6. The van der Waals surface area contributed by atoms with Crippen molar-refractivity contribution < 1.29 is 29.3 Å². The van der Waals surface area contributed by atoms with Crippen LogP contribution in [0.5, 0.6) is 0 Å². The smallest absolute Gasteiger partial charge is 0.407 e. The van der Waals surface area contributed by atoms with E-state index in [4.69, 9.17) is 9.84 Å². The Bertz CT molecular complexity index is 1020. The van der Waals surface area contributed by atoms with Crippen LogP contribution >= 0.6 is 0 Å². The van der Waals surface area contributed by atoms with Gasteiger partial charge >= 0.3 is 12.1 Å². The summed E-state index contributed by atoms with van der Waals surface area (Å²) in [6.07, 6.45) is 4.25. The standard InChI is InChI=1S/C27H32N2O6/c30-15-24(26(32)33)28-25(31)14-23(17-8-2-1-3-9-17)29-27(34)35-16-22-20-12-6-4-10-18(20)19-11-5-7-13-21(19)22/h4-7,10-13,17,22-24,30H,1-3,8-9,14-16H2,(H,28,31)(H,29,34)(H,32,33)/t23?,24-/m0/s1. The minimum Gasteiger partial charge on any atom is -0.480 e. The highest BCUT2D eigenvalue weighted by Gasteiger charge is 2.31. The van der Waals surface area contributed by atoms with Crippen molar-refractivity contribution in [2.45, 2.75) is 56.5 Å². The predicted molar refractivity (Wildman–Crippen MR) is 130 cm³/mol. The summed E-state index contributed by atoms with van der Waals surface area (Å²) in [6.45, 7) is -0.524. The third-order valence-corrected chi connectivity index (χ3v) is 7.09. The fourth-order valence-electron chi connectivity index (χ4n) is 5.30. The van der Waals surface area contributed by atoms with E-state index in [0.29, 0.717) is 0 Å². The molecule has 2 aromatic rings. The van der Waals surface area contributed by atoms with Crippen molar-refractivity contribution in [3.8, 4) is 11.1 Å². The van der Waals surface area contributed by atoms with Crippen molar-refractivity contribution in [3.05, 3.63) is 59.7 Å². The maximum atomic E-state index is 12.8. The van der Waals surface area contributed by atoms with Crippen LogP contribution in [0.3, 0.4) is 0 Å². The normalized spacial score (nSPS) is 17.1. The third kappa shape index (κ3) is 5.82. The molecule has 0 spiro atoms. The second-order valence-corrected chi connectivity index (χ2v) is 9.32. The molecule has 2 amide bonds. The first kappa shape index (κ1) is 24.7. The van der Waals surface area contributed by atoms with Gasteiger partial charge in [-0.15, -0.1) is 0 Å². The van der Waals surface area contributed by atoms with Crippen LogP contribution in [-0.2, 0) is 14.3 Å². The number of carboxylic acids is 1. The Kier molecular flexibility index (Phi) is 8.02. The molecule has 1 unspecified atom stereocenters. The number of carboxylic acid groups (broad SMARTS) is 1. The highest BCUT2D eigenvalue weighted by molar-refractivity contribution is 5.84. The molecular weight excluding hydrogens is 448 g/mol. The van der Waals surface area contributed by atoms with Gasteiger partial charge in [0, 0.05) is 18.4 Å². The Hall–Kier alpha value is -3.39. The summed E-state index contributed by atoms with van der Waals surface area (Å²) in [6, 6.07) is 14.4. The van der Waals surface area contributed by atoms with Crippen LogP contribution in [-0.4, -0.2) is 53.5 Å². The van der Waals surface area contributed by atoms with E-state index < -0.39 is 36.7 Å². The first-order valence-electron chi connectivity index (χ1n) is 12.2. The van der Waals surface area contributed by atoms with Crippen LogP contribution in [0.15, 0.2) is 48.5 Å². The van der Waals surface area contributed by atoms with E-state index in [1.807, 2.05) is 24.3 Å². The van der Waals surface area contributed by atoms with Gasteiger partial charge in [0.05, 0.1) is 6.61 Å². The number of fused-ring (bicyclic) bond motifs is 3. The minimum absolute atomic E-state index is 0.0644. The number of aliphatic hydroxyl groups excluding tert-OH is 1. The largest absolute Gasteiger partial charge is 0.480 e. The molecule has 8 heteroatoms. The molecule has 1 saturated carbocycles. The quantitative estimate of drug-likeness (QED) is 0.436. The van der Waals surface area contributed by atoms with Crippen LogP contribution in [0.1, 0.15) is 55.6 Å². The summed E-state index contributed by atoms with van der Waals surface area (Å²) in [4.78, 5) is 36.5. The van der Waals surface area contributed by atoms with Gasteiger partial charge in [-0.25, -0.2) is 9.59 Å². The molecule has 35 heavy (non-hydrogen) atoms. The summed E-state index contributed by atoms with van der Waals surface area (Å²) >= 11 is 0. The number of alkyl carbamates (subject to hydrolysis) is 1. The van der Waals surface area contributed by atoms with Gasteiger partial charge in [-0.1, -0.05) is 67.8 Å². The Labute approximate surface area is 204 Å². The molecule has 0 bridgehead atoms. The Morgan fingerprint density at radius 3 is 2.09 bits per heavy atom. The maximum absolute atomic E-state index is 12.8. The van der Waals surface area contributed by atoms with E-state index in [0.717, 1.165) is 54.4 Å². The number of benzene rings is 2. The molecule has 2 aliphatic carbocycles. The van der Waals surface area contributed by atoms with E-state index in [2.05, 4.69) is 34.9 Å². The molecule has 0 aliphatic heterocycles. The fourth-order valence-corrected chi connectivity index (χ4v) is 5.30. The van der Waals surface area contributed by atoms with E-state index >= 15 is 0 Å². The lowest BCUT2D eigenvalue weighted by molar-refractivity contribution is -0.143. The van der Waals surface area contributed by atoms with Crippen LogP contribution in [0.2, 0.25) is 0 Å². The van der Waals surface area contributed by atoms with Crippen molar-refractivity contribution in [1.29, 1.82) is 0 Å². The number of aliphatic carboxylic acids is 1. The maximum Gasteiger partial charge on any atom is 0.407 e. The third-order valence-electron chi connectivity index (χ3n) is 7.09. The number of carbonyl (C=O) groups excluding carboxylic acids is 2. The SMILES string of the molecule is O=C(CC(NC(=O)OCC1c2ccccc2-c2ccccc21)C1CCCCC1)N[C@@H](CO)C(=O)O. The number of hydrogen-bond acceptors (Lipinski definition) is 5. The van der Waals surface area contributed by atoms with Gasteiger partial charge in [0.2, 0.25) is 5.91 Å². The van der Waals surface area contributed by atoms with E-state index in [-0.39, 0.29) is 24.9 Å². The summed E-state index contributed by atoms with van der Waals surface area (Å²) in [5.41, 5.74) is 4.53. The second-order valence-electron chi connectivity index (χ2n) is 9.32. The average Bonchev–Trinajstić information content (AvgIpc) is 3.19. The van der Waals surface area contributed by atoms with Gasteiger partial charge in [0.1, 0.15) is 12.6 Å². The number of ether oxygens (including phenoxy) is 1. The molecule has 8 nitrogen and oxygen atoms in total. The molecule has 4 N–H and O–H groups in total. The molecule has 186 valence electrons. The fraction of sp³-hybridized carbons (Fsp3) is 0.444. The zero-order chi connectivity index (χ0) is 24.8. The van der Waals surface area contributed by atoms with Crippen LogP contribution in [0, 0.1) is 5.92 Å². The summed E-state index contributed by atoms with van der Waals surface area (Å²) in [5.74, 6) is -1.79. The highest BCUT2D eigenvalue weighted by Crippen LogP contribution is 2.44. The van der Waals surface area contributed by atoms with Crippen molar-refractivity contribution >= 4 is 18.0 Å². The van der Waals surface area contributed by atoms with Gasteiger partial charge in [0.15, 0.2) is 0 Å². The number of amides is 2. The number of hydrogen-bond donors (Lipinski definition) is 4. The Morgan fingerprint density at radius 1 is 0.914 bits per heavy atom. The van der Waals surface area contributed by atoms with Gasteiger partial charge in [-0.2, -0.15) is 0 Å². The molecule has 1 fully saturated rings. The molecule has 0 heterocycles. The van der Waals surface area contributed by atoms with Gasteiger partial charge in [-0.3, -0.25) is 4.79 Å². The molecule has 2 atom stereocenters. The first-order valence-corrected chi connectivity index (χ1v) is 12.2. The second kappa shape index (κ2) is 11.4. The van der Waals surface area contributed by atoms with Crippen LogP contribution in [0.25, 0.3) is 11.1 Å². The van der Waals surface area contributed by atoms with Crippen molar-refractivity contribution in [1.82, 2.24) is 10.6 Å². The molecule has 0 saturated heterocycles. The van der Waals surface area contributed by atoms with Crippen molar-refractivity contribution in [2.75, 3.05) is 13.2 Å². The van der Waals surface area contributed by atoms with E-state index in [1.54, 1.807) is 0 Å². The summed E-state index contributed by atoms with van der Waals surface area (Å²) in [7, 11) is 0. The topological polar surface area (TPSA) is 125 Å². The number of aliphatic hydroxyl groups is 1. The predicted octanol–water partition coefficient (Wildman–Crippen LogP) is 3.43. The van der Waals surface area contributed by atoms with Crippen LogP contribution in [0.4, 0.5) is 4.79 Å². The lowest BCUT2D eigenvalue weighted by atomic mass is 9.82. The van der Waals surface area contributed by atoms with Crippen molar-refractivity contribution in [2.24, 2.45) is 5.92 Å². The molecule has 2 aliphatic rings. The van der Waals surface area contributed by atoms with Crippen molar-refractivity contribution in [3.63, 3.8) is 0 Å². The molecule has 0 radical (unpaired) electrons. The summed E-state index contributed by atoms with van der Waals surface area (Å²) in [5, 5.41) is 23.5. The summed E-state index contributed by atoms with van der Waals surface area (Å²) < 4.78 is 5.67. The van der Waals surface area contributed by atoms with Gasteiger partial charge in [-0.05, 0) is 41.0 Å². The lowest BCUT2D eigenvalue weighted by Crippen LogP contribution is -2.48. The van der Waals surface area contributed by atoms with E-state index in [9.17, 15) is 19.5 Å². The Morgan fingerprint density at radius 2 is 1.51 bits per heavy atom. The molecule has 4 rings (SSSR count). The zero-order valence-electron chi connectivity index (χ0n) is 19.6. The highest BCUT2D eigenvalue weighted by atomic mass is 16.5. The molecule has 2 aromatic carbocycles. The van der Waals surface area contributed by atoms with Gasteiger partial charge < -0.3 is 25.6 Å². The molecule has 0 aromatic heterocycles. The monoisotopic (exact) mass is 480 g/mol. The Balaban J connectivity index is 1.41. The first-order chi connectivity index (χ1) is 17.0. The lowest BCUT2D eigenvalue weighted by Gasteiger charge is -2.30. The number of rotatable bonds is 9. The average molecular weight is 481 g/mol. The molecular formula is C27H32N2O6. The van der Waals surface area contributed by atoms with Crippen LogP contribution < -0.4 is 10.6 Å². The van der Waals surface area contributed by atoms with Gasteiger partial charge in [0.25, 0.3) is 0 Å².